The normalized spacial score (nSPS) is 12.0. The molecule has 0 unspecified atom stereocenters. The van der Waals surface area contributed by atoms with E-state index in [1.807, 2.05) is 36.9 Å². The minimum Gasteiger partial charge on any atom is -0.357 e. The number of aliphatic imine (C=N–C) groups is 1. The lowest BCUT2D eigenvalue weighted by Crippen LogP contribution is -2.38. The summed E-state index contributed by atoms with van der Waals surface area (Å²) in [6.07, 6.45) is 4.91. The quantitative estimate of drug-likeness (QED) is 0.485. The van der Waals surface area contributed by atoms with Crippen molar-refractivity contribution in [1.82, 2.24) is 24.6 Å². The first-order valence-electron chi connectivity index (χ1n) is 8.94. The average molecular weight is 407 g/mol. The van der Waals surface area contributed by atoms with E-state index in [9.17, 15) is 0 Å². The molecule has 3 aromatic rings. The summed E-state index contributed by atoms with van der Waals surface area (Å²) in [5, 5.41) is 7.68. The van der Waals surface area contributed by atoms with Crippen molar-refractivity contribution in [1.29, 1.82) is 0 Å². The molecule has 0 aromatic carbocycles. The fourth-order valence-electron chi connectivity index (χ4n) is 2.88. The molecule has 144 valence electrons. The lowest BCUT2D eigenvalue weighted by Gasteiger charge is -2.11. The Morgan fingerprint density at radius 3 is 2.78 bits per heavy atom. The Morgan fingerprint density at radius 2 is 2.11 bits per heavy atom. The first kappa shape index (κ1) is 19.6. The van der Waals surface area contributed by atoms with E-state index in [0.717, 1.165) is 42.5 Å². The van der Waals surface area contributed by atoms with Gasteiger partial charge in [0.05, 0.1) is 17.3 Å². The number of aromatic nitrogens is 3. The van der Waals surface area contributed by atoms with Crippen molar-refractivity contribution in [3.63, 3.8) is 0 Å². The number of pyridine rings is 1. The summed E-state index contributed by atoms with van der Waals surface area (Å²) in [6.45, 7) is 6.13. The second kappa shape index (κ2) is 8.67. The van der Waals surface area contributed by atoms with E-state index < -0.39 is 0 Å². The van der Waals surface area contributed by atoms with E-state index in [0.29, 0.717) is 16.7 Å². The summed E-state index contributed by atoms with van der Waals surface area (Å²) in [7, 11) is 1.88. The van der Waals surface area contributed by atoms with Gasteiger partial charge in [-0.3, -0.25) is 0 Å². The van der Waals surface area contributed by atoms with Gasteiger partial charge in [0.15, 0.2) is 5.96 Å². The molecule has 0 spiro atoms. The molecule has 0 saturated carbocycles. The molecule has 27 heavy (non-hydrogen) atoms. The molecule has 0 aliphatic heterocycles. The van der Waals surface area contributed by atoms with Crippen LogP contribution in [0.25, 0.3) is 5.65 Å². The monoisotopic (exact) mass is 406 g/mol. The molecule has 6 nitrogen and oxygen atoms in total. The van der Waals surface area contributed by atoms with Gasteiger partial charge >= 0.3 is 0 Å². The zero-order chi connectivity index (χ0) is 19.4. The zero-order valence-corrected chi connectivity index (χ0v) is 17.3. The van der Waals surface area contributed by atoms with Gasteiger partial charge in [0.1, 0.15) is 10.8 Å². The van der Waals surface area contributed by atoms with E-state index in [1.165, 1.54) is 5.56 Å². The van der Waals surface area contributed by atoms with E-state index in [-0.39, 0.29) is 0 Å². The van der Waals surface area contributed by atoms with Crippen LogP contribution >= 0.6 is 23.2 Å². The molecular formula is C19H24Cl2N6. The first-order chi connectivity index (χ1) is 13.0. The minimum atomic E-state index is 0.492. The number of halogens is 2. The summed E-state index contributed by atoms with van der Waals surface area (Å²) in [5.41, 5.74) is 4.18. The predicted octanol–water partition coefficient (Wildman–Crippen LogP) is 3.59. The third kappa shape index (κ3) is 4.57. The topological polar surface area (TPSA) is 58.7 Å². The van der Waals surface area contributed by atoms with E-state index in [2.05, 4.69) is 39.2 Å². The standard InChI is InChI=1S/C19H24Cl2N6/c1-4-22-19(24-11-15-10-16(20)17(21)26(15)3)23-8-7-14-12-27-9-5-6-13(2)18(27)25-14/h5-6,9-10,12H,4,7-8,11H2,1-3H3,(H2,22,23,24). The Kier molecular flexibility index (Phi) is 6.29. The number of rotatable bonds is 6. The third-order valence-electron chi connectivity index (χ3n) is 4.36. The molecule has 3 aromatic heterocycles. The first-order valence-corrected chi connectivity index (χ1v) is 9.70. The highest BCUT2D eigenvalue weighted by Crippen LogP contribution is 2.25. The Balaban J connectivity index is 1.61. The van der Waals surface area contributed by atoms with Crippen LogP contribution in [0.4, 0.5) is 0 Å². The predicted molar refractivity (Wildman–Crippen MR) is 112 cm³/mol. The largest absolute Gasteiger partial charge is 0.357 e. The average Bonchev–Trinajstić information content (AvgIpc) is 3.17. The maximum Gasteiger partial charge on any atom is 0.191 e. The number of fused-ring (bicyclic) bond motifs is 1. The Morgan fingerprint density at radius 1 is 1.30 bits per heavy atom. The van der Waals surface area contributed by atoms with Crippen molar-refractivity contribution >= 4 is 34.8 Å². The molecule has 8 heteroatoms. The molecule has 0 amide bonds. The van der Waals surface area contributed by atoms with Gasteiger partial charge in [0.25, 0.3) is 0 Å². The molecule has 2 N–H and O–H groups in total. The van der Waals surface area contributed by atoms with Crippen molar-refractivity contribution in [2.75, 3.05) is 13.1 Å². The van der Waals surface area contributed by atoms with Crippen molar-refractivity contribution in [3.8, 4) is 0 Å². The SMILES string of the molecule is CCNC(=NCc1cc(Cl)c(Cl)n1C)NCCc1cn2cccc(C)c2n1. The second-order valence-electron chi connectivity index (χ2n) is 6.36. The van der Waals surface area contributed by atoms with Crippen LogP contribution < -0.4 is 10.6 Å². The molecule has 0 fully saturated rings. The molecular weight excluding hydrogens is 383 g/mol. The lowest BCUT2D eigenvalue weighted by atomic mass is 10.3. The van der Waals surface area contributed by atoms with E-state index in [4.69, 9.17) is 28.2 Å². The molecule has 0 saturated heterocycles. The van der Waals surface area contributed by atoms with Crippen molar-refractivity contribution in [2.24, 2.45) is 12.0 Å². The molecule has 0 aliphatic rings. The van der Waals surface area contributed by atoms with Gasteiger partial charge in [-0.1, -0.05) is 29.3 Å². The zero-order valence-electron chi connectivity index (χ0n) is 15.8. The number of nitrogens with one attached hydrogen (secondary N) is 2. The smallest absolute Gasteiger partial charge is 0.191 e. The summed E-state index contributed by atoms with van der Waals surface area (Å²) in [5.74, 6) is 0.755. The van der Waals surface area contributed by atoms with Crippen LogP contribution in [0.1, 0.15) is 23.9 Å². The number of hydrogen-bond donors (Lipinski definition) is 2. The highest BCUT2D eigenvalue weighted by molar-refractivity contribution is 6.41. The van der Waals surface area contributed by atoms with Crippen molar-refractivity contribution < 1.29 is 0 Å². The van der Waals surface area contributed by atoms with Gasteiger partial charge in [-0.2, -0.15) is 0 Å². The van der Waals surface area contributed by atoms with Crippen LogP contribution in [-0.2, 0) is 20.0 Å². The van der Waals surface area contributed by atoms with Gasteiger partial charge in [-0.05, 0) is 31.5 Å². The van der Waals surface area contributed by atoms with Crippen molar-refractivity contribution in [2.45, 2.75) is 26.8 Å². The highest BCUT2D eigenvalue weighted by atomic mass is 35.5. The second-order valence-corrected chi connectivity index (χ2v) is 7.12. The van der Waals surface area contributed by atoms with E-state index >= 15 is 0 Å². The molecule has 0 atom stereocenters. The number of hydrogen-bond acceptors (Lipinski definition) is 2. The number of nitrogens with zero attached hydrogens (tertiary/aromatic N) is 4. The summed E-state index contributed by atoms with van der Waals surface area (Å²) in [6, 6.07) is 5.95. The van der Waals surface area contributed by atoms with Gasteiger partial charge in [0.2, 0.25) is 0 Å². The summed E-state index contributed by atoms with van der Waals surface area (Å²) >= 11 is 12.2. The lowest BCUT2D eigenvalue weighted by molar-refractivity contribution is 0.775. The number of imidazole rings is 1. The van der Waals surface area contributed by atoms with Gasteiger partial charge in [-0.15, -0.1) is 0 Å². The molecule has 3 heterocycles. The number of guanidine groups is 1. The Hall–Kier alpha value is -2.18. The molecule has 0 bridgehead atoms. The molecule has 0 aliphatic carbocycles. The maximum atomic E-state index is 6.11. The van der Waals surface area contributed by atoms with Gasteiger partial charge in [0, 0.05) is 44.6 Å². The minimum absolute atomic E-state index is 0.492. The summed E-state index contributed by atoms with van der Waals surface area (Å²) in [4.78, 5) is 9.32. The van der Waals surface area contributed by atoms with Gasteiger partial charge < -0.3 is 19.6 Å². The van der Waals surface area contributed by atoms with E-state index in [1.54, 1.807) is 0 Å². The van der Waals surface area contributed by atoms with Crippen LogP contribution in [-0.4, -0.2) is 33.0 Å². The van der Waals surface area contributed by atoms with Crippen LogP contribution in [0.5, 0.6) is 0 Å². The van der Waals surface area contributed by atoms with Crippen LogP contribution in [0.3, 0.4) is 0 Å². The number of aryl methyl sites for hydroxylation is 1. The Bertz CT molecular complexity index is 957. The van der Waals surface area contributed by atoms with Crippen LogP contribution in [0.2, 0.25) is 10.2 Å². The maximum absolute atomic E-state index is 6.11. The molecule has 3 rings (SSSR count). The highest BCUT2D eigenvalue weighted by Gasteiger charge is 2.09. The fraction of sp³-hybridized carbons (Fsp3) is 0.368. The fourth-order valence-corrected chi connectivity index (χ4v) is 3.29. The Labute approximate surface area is 169 Å². The van der Waals surface area contributed by atoms with Crippen LogP contribution in [0.15, 0.2) is 35.6 Å². The molecule has 0 radical (unpaired) electrons. The van der Waals surface area contributed by atoms with Crippen molar-refractivity contribution in [3.05, 3.63) is 57.7 Å². The van der Waals surface area contributed by atoms with Crippen LogP contribution in [0, 0.1) is 6.92 Å². The summed E-state index contributed by atoms with van der Waals surface area (Å²) < 4.78 is 3.91. The third-order valence-corrected chi connectivity index (χ3v) is 5.20. The van der Waals surface area contributed by atoms with Gasteiger partial charge in [-0.25, -0.2) is 9.98 Å².